The number of hydrogen-bond donors (Lipinski definition) is 0. The summed E-state index contributed by atoms with van der Waals surface area (Å²) in [5.74, 6) is 1.32. The Balaban J connectivity index is 1.67. The van der Waals surface area contributed by atoms with E-state index >= 15 is 0 Å². The van der Waals surface area contributed by atoms with Crippen molar-refractivity contribution in [1.29, 1.82) is 0 Å². The molecule has 6 heteroatoms. The first kappa shape index (κ1) is 13.0. The fraction of sp³-hybridized carbons (Fsp3) is 0.462. The highest BCUT2D eigenvalue weighted by atomic mass is 32.2. The maximum atomic E-state index is 11.6. The van der Waals surface area contributed by atoms with Gasteiger partial charge in [0.15, 0.2) is 15.0 Å². The fourth-order valence-electron chi connectivity index (χ4n) is 2.54. The molecular weight excluding hydrogens is 280 g/mol. The minimum absolute atomic E-state index is 0.0447. The third-order valence-electron chi connectivity index (χ3n) is 3.58. The fourth-order valence-corrected chi connectivity index (χ4v) is 5.50. The van der Waals surface area contributed by atoms with E-state index in [4.69, 9.17) is 0 Å². The van der Waals surface area contributed by atoms with Crippen molar-refractivity contribution in [2.75, 3.05) is 18.6 Å². The Bertz CT molecular complexity index is 598. The molecular formula is C13H16N2O2S2. The van der Waals surface area contributed by atoms with Gasteiger partial charge < -0.3 is 4.90 Å². The second-order valence-corrected chi connectivity index (χ2v) is 8.10. The summed E-state index contributed by atoms with van der Waals surface area (Å²) < 4.78 is 23.1. The van der Waals surface area contributed by atoms with E-state index in [1.807, 2.05) is 30.1 Å². The lowest BCUT2D eigenvalue weighted by atomic mass is 10.2. The van der Waals surface area contributed by atoms with Gasteiger partial charge in [-0.05, 0) is 5.56 Å². The van der Waals surface area contributed by atoms with Gasteiger partial charge in [-0.2, -0.15) is 0 Å². The molecule has 1 aromatic carbocycles. The van der Waals surface area contributed by atoms with Crippen LogP contribution in [-0.2, 0) is 15.6 Å². The van der Waals surface area contributed by atoms with Crippen LogP contribution in [0.25, 0.3) is 0 Å². The molecule has 0 bridgehead atoms. The zero-order valence-electron chi connectivity index (χ0n) is 10.7. The van der Waals surface area contributed by atoms with Crippen molar-refractivity contribution in [2.24, 2.45) is 4.99 Å². The van der Waals surface area contributed by atoms with Crippen LogP contribution < -0.4 is 0 Å². The van der Waals surface area contributed by atoms with E-state index < -0.39 is 9.84 Å². The lowest BCUT2D eigenvalue weighted by molar-refractivity contribution is 0.410. The molecule has 0 spiro atoms. The standard InChI is InChI=1S/C13H16N2O2S2/c1-15-12-9-19(16,17)8-11(12)14-13(15)18-7-10-5-3-2-4-6-10/h2-6,11-12H,7-9H2,1H3/t11-,12+/m0/s1. The van der Waals surface area contributed by atoms with Crippen LogP contribution in [0.1, 0.15) is 5.56 Å². The molecule has 1 fully saturated rings. The molecule has 1 aromatic rings. The Hall–Kier alpha value is -1.01. The topological polar surface area (TPSA) is 49.7 Å². The van der Waals surface area contributed by atoms with E-state index in [0.717, 1.165) is 10.9 Å². The van der Waals surface area contributed by atoms with Gasteiger partial charge in [-0.1, -0.05) is 42.1 Å². The van der Waals surface area contributed by atoms with E-state index in [1.165, 1.54) is 5.56 Å². The van der Waals surface area contributed by atoms with Crippen molar-refractivity contribution in [2.45, 2.75) is 17.8 Å². The van der Waals surface area contributed by atoms with Crippen LogP contribution in [-0.4, -0.2) is 49.1 Å². The quantitative estimate of drug-likeness (QED) is 0.827. The van der Waals surface area contributed by atoms with Gasteiger partial charge in [-0.25, -0.2) is 8.42 Å². The Morgan fingerprint density at radius 3 is 2.74 bits per heavy atom. The summed E-state index contributed by atoms with van der Waals surface area (Å²) in [6.07, 6.45) is 0. The van der Waals surface area contributed by atoms with Gasteiger partial charge in [0.25, 0.3) is 0 Å². The van der Waals surface area contributed by atoms with E-state index in [0.29, 0.717) is 0 Å². The largest absolute Gasteiger partial charge is 0.348 e. The van der Waals surface area contributed by atoms with Crippen LogP contribution in [0, 0.1) is 0 Å². The summed E-state index contributed by atoms with van der Waals surface area (Å²) in [6.45, 7) is 0. The number of thioether (sulfide) groups is 1. The van der Waals surface area contributed by atoms with Gasteiger partial charge in [-0.15, -0.1) is 0 Å². The smallest absolute Gasteiger partial charge is 0.159 e. The van der Waals surface area contributed by atoms with Crippen LogP contribution in [0.15, 0.2) is 35.3 Å². The van der Waals surface area contributed by atoms with Crippen LogP contribution in [0.4, 0.5) is 0 Å². The average Bonchev–Trinajstić information content (AvgIpc) is 2.83. The summed E-state index contributed by atoms with van der Waals surface area (Å²) in [5, 5.41) is 0.966. The van der Waals surface area contributed by atoms with Crippen LogP contribution in [0.5, 0.6) is 0 Å². The summed E-state index contributed by atoms with van der Waals surface area (Å²) in [5.41, 5.74) is 1.26. The number of likely N-dealkylation sites (N-methyl/N-ethyl adjacent to an activating group) is 1. The molecule has 2 atom stereocenters. The highest BCUT2D eigenvalue weighted by molar-refractivity contribution is 8.13. The van der Waals surface area contributed by atoms with Crippen molar-refractivity contribution < 1.29 is 8.42 Å². The lowest BCUT2D eigenvalue weighted by Crippen LogP contribution is -2.35. The first-order valence-electron chi connectivity index (χ1n) is 6.23. The Kier molecular flexibility index (Phi) is 3.30. The number of fused-ring (bicyclic) bond motifs is 1. The Labute approximate surface area is 117 Å². The molecule has 0 radical (unpaired) electrons. The molecule has 0 amide bonds. The molecule has 1 saturated heterocycles. The van der Waals surface area contributed by atoms with Gasteiger partial charge in [0.2, 0.25) is 0 Å². The number of amidine groups is 1. The summed E-state index contributed by atoms with van der Waals surface area (Å²) in [6, 6.07) is 10.2. The van der Waals surface area contributed by atoms with Gasteiger partial charge in [0.05, 0.1) is 23.6 Å². The molecule has 102 valence electrons. The van der Waals surface area contributed by atoms with Gasteiger partial charge in [-0.3, -0.25) is 4.99 Å². The first-order valence-corrected chi connectivity index (χ1v) is 9.04. The normalized spacial score (nSPS) is 28.3. The number of benzene rings is 1. The summed E-state index contributed by atoms with van der Waals surface area (Å²) in [4.78, 5) is 6.60. The van der Waals surface area contributed by atoms with Crippen molar-refractivity contribution in [3.8, 4) is 0 Å². The molecule has 3 rings (SSSR count). The number of nitrogens with zero attached hydrogens (tertiary/aromatic N) is 2. The zero-order valence-corrected chi connectivity index (χ0v) is 12.3. The predicted octanol–water partition coefficient (Wildman–Crippen LogP) is 1.39. The highest BCUT2D eigenvalue weighted by Gasteiger charge is 2.44. The maximum absolute atomic E-state index is 11.6. The first-order chi connectivity index (χ1) is 9.05. The van der Waals surface area contributed by atoms with Crippen molar-refractivity contribution in [3.05, 3.63) is 35.9 Å². The van der Waals surface area contributed by atoms with Gasteiger partial charge in [0.1, 0.15) is 0 Å². The second-order valence-electron chi connectivity index (χ2n) is 5.01. The van der Waals surface area contributed by atoms with Crippen LogP contribution in [0.3, 0.4) is 0 Å². The Morgan fingerprint density at radius 1 is 1.32 bits per heavy atom. The maximum Gasteiger partial charge on any atom is 0.159 e. The third kappa shape index (κ3) is 2.65. The molecule has 2 heterocycles. The molecule has 2 aliphatic rings. The molecule has 2 aliphatic heterocycles. The van der Waals surface area contributed by atoms with E-state index in [-0.39, 0.29) is 23.6 Å². The zero-order chi connectivity index (χ0) is 13.5. The minimum atomic E-state index is -2.89. The summed E-state index contributed by atoms with van der Waals surface area (Å²) in [7, 11) is -0.940. The predicted molar refractivity (Wildman–Crippen MR) is 79.2 cm³/mol. The van der Waals surface area contributed by atoms with Crippen LogP contribution >= 0.6 is 11.8 Å². The van der Waals surface area contributed by atoms with Gasteiger partial charge in [0, 0.05) is 12.8 Å². The molecule has 0 saturated carbocycles. The van der Waals surface area contributed by atoms with Crippen molar-refractivity contribution in [1.82, 2.24) is 4.90 Å². The molecule has 0 N–H and O–H groups in total. The average molecular weight is 296 g/mol. The van der Waals surface area contributed by atoms with Crippen LogP contribution in [0.2, 0.25) is 0 Å². The van der Waals surface area contributed by atoms with Crippen molar-refractivity contribution >= 4 is 26.8 Å². The monoisotopic (exact) mass is 296 g/mol. The SMILES string of the molecule is CN1C(SCc2ccccc2)=N[C@H]2CS(=O)(=O)C[C@H]21. The Morgan fingerprint density at radius 2 is 2.05 bits per heavy atom. The van der Waals surface area contributed by atoms with E-state index in [1.54, 1.807) is 11.8 Å². The molecule has 0 aromatic heterocycles. The third-order valence-corrected chi connectivity index (χ3v) is 6.41. The van der Waals surface area contributed by atoms with E-state index in [2.05, 4.69) is 17.1 Å². The number of aliphatic imine (C=N–C) groups is 1. The number of sulfone groups is 1. The van der Waals surface area contributed by atoms with Gasteiger partial charge >= 0.3 is 0 Å². The molecule has 19 heavy (non-hydrogen) atoms. The minimum Gasteiger partial charge on any atom is -0.348 e. The number of hydrogen-bond acceptors (Lipinski definition) is 5. The molecule has 4 nitrogen and oxygen atoms in total. The van der Waals surface area contributed by atoms with Crippen molar-refractivity contribution in [3.63, 3.8) is 0 Å². The molecule has 0 aliphatic carbocycles. The molecule has 0 unspecified atom stereocenters. The highest BCUT2D eigenvalue weighted by Crippen LogP contribution is 2.30. The lowest BCUT2D eigenvalue weighted by Gasteiger charge is -2.20. The van der Waals surface area contributed by atoms with E-state index in [9.17, 15) is 8.42 Å². The number of rotatable bonds is 2. The second kappa shape index (κ2) is 4.83. The summed E-state index contributed by atoms with van der Waals surface area (Å²) >= 11 is 1.68.